The average molecular weight is 902 g/mol. The Kier molecular flexibility index (Phi) is 10.6. The number of hydrogen-bond donors (Lipinski definition) is 3. The van der Waals surface area contributed by atoms with Gasteiger partial charge in [-0.25, -0.2) is 18.4 Å². The van der Waals surface area contributed by atoms with Crippen molar-refractivity contribution >= 4 is 61.0 Å². The van der Waals surface area contributed by atoms with E-state index >= 15 is 0 Å². The molecule has 3 aromatic heterocycles. The van der Waals surface area contributed by atoms with E-state index in [4.69, 9.17) is 30.7 Å². The van der Waals surface area contributed by atoms with E-state index in [-0.39, 0.29) is 42.1 Å². The molecule has 328 valence electrons. The Morgan fingerprint density at radius 3 is 2.57 bits per heavy atom. The van der Waals surface area contributed by atoms with Crippen LogP contribution in [-0.2, 0) is 27.8 Å². The lowest BCUT2D eigenvalue weighted by Crippen LogP contribution is -2.38. The fraction of sp³-hybridized carbons (Fsp3) is 0.378. The summed E-state index contributed by atoms with van der Waals surface area (Å²) in [7, 11) is -3.71. The molecule has 3 atom stereocenters. The topological polar surface area (TPSA) is 163 Å². The number of amides is 1. The van der Waals surface area contributed by atoms with Gasteiger partial charge >= 0.3 is 6.36 Å². The minimum absolute atomic E-state index is 0.100. The van der Waals surface area contributed by atoms with Crippen LogP contribution in [0, 0.1) is 12.8 Å². The maximum absolute atomic E-state index is 14.1. The molecule has 2 aliphatic heterocycles. The average Bonchev–Trinajstić information content (AvgIpc) is 3.50. The molecule has 63 heavy (non-hydrogen) atoms. The molecule has 0 spiro atoms. The number of benzene rings is 3. The number of aromatic nitrogens is 3. The predicted molar refractivity (Wildman–Crippen MR) is 231 cm³/mol. The first-order chi connectivity index (χ1) is 30.2. The molecule has 3 fully saturated rings. The van der Waals surface area contributed by atoms with Crippen LogP contribution in [0.25, 0.3) is 44.6 Å². The molecule has 0 unspecified atom stereocenters. The smallest absolute Gasteiger partial charge is 0.432 e. The summed E-state index contributed by atoms with van der Waals surface area (Å²) in [6.45, 7) is 4.76. The summed E-state index contributed by atoms with van der Waals surface area (Å²) in [5.74, 6) is -0.935. The zero-order valence-corrected chi connectivity index (χ0v) is 35.7. The number of aliphatic hydroxyl groups excluding tert-OH is 1. The summed E-state index contributed by atoms with van der Waals surface area (Å²) in [6.07, 6.45) is 1.20. The van der Waals surface area contributed by atoms with Crippen LogP contribution < -0.4 is 14.8 Å². The fourth-order valence-corrected chi connectivity index (χ4v) is 11.0. The second-order valence-corrected chi connectivity index (χ2v) is 19.3. The minimum atomic E-state index is -5.01. The number of pyridine rings is 2. The number of nitrogens with zero attached hydrogens (tertiary/aromatic N) is 5. The SMILES string of the molecule is Cc1c(-c2nc3cc4c(c(OC(F)(F)F)c3o2)CC[C@H]4N2CC[C@@H](C(=O)NS(=O)(=O)C3CC3)C2)cccc1-c1cccc(Nc2nccc3cc(CN4CC[C@@H](O)C4)cnc23)c1Cl. The highest BCUT2D eigenvalue weighted by Gasteiger charge is 2.43. The highest BCUT2D eigenvalue weighted by atomic mass is 35.5. The van der Waals surface area contributed by atoms with Gasteiger partial charge in [-0.3, -0.25) is 24.3 Å². The maximum Gasteiger partial charge on any atom is 0.573 e. The first-order valence-electron chi connectivity index (χ1n) is 21.0. The van der Waals surface area contributed by atoms with E-state index in [1.807, 2.05) is 48.4 Å². The number of β-amino-alcohol motifs (C(OH)–C–C–N with tert-alkyl or cyclic N) is 1. The van der Waals surface area contributed by atoms with E-state index in [0.717, 1.165) is 35.0 Å². The molecule has 1 saturated carbocycles. The monoisotopic (exact) mass is 901 g/mol. The Labute approximate surface area is 365 Å². The van der Waals surface area contributed by atoms with Crippen molar-refractivity contribution in [2.75, 3.05) is 31.5 Å². The Hall–Kier alpha value is -5.33. The van der Waals surface area contributed by atoms with Gasteiger partial charge in [-0.1, -0.05) is 35.9 Å². The van der Waals surface area contributed by atoms with E-state index in [2.05, 4.69) is 26.0 Å². The zero-order chi connectivity index (χ0) is 43.8. The number of halogens is 4. The van der Waals surface area contributed by atoms with Gasteiger partial charge in [0.25, 0.3) is 0 Å². The van der Waals surface area contributed by atoms with Crippen molar-refractivity contribution in [2.45, 2.75) is 75.8 Å². The molecular weight excluding hydrogens is 859 g/mol. The van der Waals surface area contributed by atoms with Crippen LogP contribution in [0.4, 0.5) is 24.7 Å². The molecule has 3 aromatic carbocycles. The molecule has 0 bridgehead atoms. The number of rotatable bonds is 11. The molecule has 0 radical (unpaired) electrons. The van der Waals surface area contributed by atoms with Crippen molar-refractivity contribution in [3.8, 4) is 28.3 Å². The van der Waals surface area contributed by atoms with Gasteiger partial charge in [-0.15, -0.1) is 13.2 Å². The lowest BCUT2D eigenvalue weighted by atomic mass is 9.96. The highest BCUT2D eigenvalue weighted by Crippen LogP contribution is 2.48. The van der Waals surface area contributed by atoms with Crippen molar-refractivity contribution in [3.05, 3.63) is 94.3 Å². The summed E-state index contributed by atoms with van der Waals surface area (Å²) >= 11 is 7.14. The molecule has 2 saturated heterocycles. The fourth-order valence-electron chi connectivity index (χ4n) is 9.40. The van der Waals surface area contributed by atoms with Gasteiger partial charge in [0.05, 0.1) is 28.0 Å². The van der Waals surface area contributed by atoms with Gasteiger partial charge in [0.1, 0.15) is 11.0 Å². The van der Waals surface area contributed by atoms with E-state index < -0.39 is 39.2 Å². The maximum atomic E-state index is 14.1. The molecule has 18 heteroatoms. The van der Waals surface area contributed by atoms with Gasteiger partial charge in [-0.05, 0) is 105 Å². The number of aliphatic hydroxyl groups is 1. The molecule has 1 amide bonds. The van der Waals surface area contributed by atoms with Gasteiger partial charge in [-0.2, -0.15) is 0 Å². The molecular formula is C45H43ClF3N7O6S. The summed E-state index contributed by atoms with van der Waals surface area (Å²) in [5, 5.41) is 14.1. The minimum Gasteiger partial charge on any atom is -0.432 e. The summed E-state index contributed by atoms with van der Waals surface area (Å²) in [4.78, 5) is 31.2. The first kappa shape index (κ1) is 41.7. The molecule has 3 N–H and O–H groups in total. The number of anilines is 2. The van der Waals surface area contributed by atoms with Crippen LogP contribution in [0.3, 0.4) is 0 Å². The van der Waals surface area contributed by atoms with Gasteiger partial charge in [0.2, 0.25) is 21.8 Å². The van der Waals surface area contributed by atoms with Crippen LogP contribution in [0.1, 0.15) is 60.4 Å². The Balaban J connectivity index is 0.933. The number of hydrogen-bond acceptors (Lipinski definition) is 12. The predicted octanol–water partition coefficient (Wildman–Crippen LogP) is 8.19. The number of sulfonamides is 1. The lowest BCUT2D eigenvalue weighted by molar-refractivity contribution is -0.274. The normalized spacial score (nSPS) is 20.8. The Morgan fingerprint density at radius 1 is 1.00 bits per heavy atom. The number of nitrogens with one attached hydrogen (secondary N) is 2. The largest absolute Gasteiger partial charge is 0.573 e. The quantitative estimate of drug-likeness (QED) is 0.115. The van der Waals surface area contributed by atoms with Crippen molar-refractivity contribution in [3.63, 3.8) is 0 Å². The number of likely N-dealkylation sites (tertiary alicyclic amines) is 2. The number of carbonyl (C=O) groups is 1. The van der Waals surface area contributed by atoms with Crippen LogP contribution in [0.15, 0.2) is 71.4 Å². The van der Waals surface area contributed by atoms with Crippen molar-refractivity contribution < 1.29 is 40.6 Å². The van der Waals surface area contributed by atoms with Crippen molar-refractivity contribution in [1.29, 1.82) is 0 Å². The number of fused-ring (bicyclic) bond motifs is 3. The van der Waals surface area contributed by atoms with Crippen molar-refractivity contribution in [2.24, 2.45) is 5.92 Å². The van der Waals surface area contributed by atoms with Gasteiger partial charge in [0, 0.05) is 66.7 Å². The van der Waals surface area contributed by atoms with Gasteiger partial charge in [0.15, 0.2) is 17.2 Å². The molecule has 13 nitrogen and oxygen atoms in total. The van der Waals surface area contributed by atoms with E-state index in [0.29, 0.717) is 89.6 Å². The zero-order valence-electron chi connectivity index (χ0n) is 34.1. The van der Waals surface area contributed by atoms with E-state index in [9.17, 15) is 31.5 Å². The van der Waals surface area contributed by atoms with E-state index in [1.54, 1.807) is 24.4 Å². The van der Waals surface area contributed by atoms with Crippen LogP contribution in [0.2, 0.25) is 5.02 Å². The number of ether oxygens (including phenoxy) is 1. The molecule has 6 aromatic rings. The molecule has 5 heterocycles. The van der Waals surface area contributed by atoms with Crippen LogP contribution in [0.5, 0.6) is 5.75 Å². The van der Waals surface area contributed by atoms with Crippen LogP contribution in [-0.4, -0.2) is 88.1 Å². The number of oxazole rings is 1. The summed E-state index contributed by atoms with van der Waals surface area (Å²) in [6, 6.07) is 16.4. The Bertz CT molecular complexity index is 2910. The number of carbonyl (C=O) groups excluding carboxylic acids is 1. The second kappa shape index (κ2) is 16.0. The third-order valence-electron chi connectivity index (χ3n) is 12.7. The first-order valence-corrected chi connectivity index (χ1v) is 22.9. The highest BCUT2D eigenvalue weighted by molar-refractivity contribution is 7.90. The third-order valence-corrected chi connectivity index (χ3v) is 14.9. The van der Waals surface area contributed by atoms with Crippen LogP contribution >= 0.6 is 11.6 Å². The summed E-state index contributed by atoms with van der Waals surface area (Å²) in [5.41, 5.74) is 6.01. The van der Waals surface area contributed by atoms with Crippen molar-refractivity contribution in [1.82, 2.24) is 29.5 Å². The molecule has 10 rings (SSSR count). The van der Waals surface area contributed by atoms with Gasteiger partial charge < -0.3 is 19.6 Å². The molecule has 2 aliphatic carbocycles. The van der Waals surface area contributed by atoms with E-state index in [1.165, 1.54) is 0 Å². The lowest BCUT2D eigenvalue weighted by Gasteiger charge is -2.25. The second-order valence-electron chi connectivity index (χ2n) is 17.0. The molecule has 4 aliphatic rings. The standard InChI is InChI=1S/C45H43ClF3N7O6S/c1-24-30(32-6-3-7-35(38(32)46)52-42-39-26(12-15-50-42)18-25(20-51-39)21-55-16-14-28(57)23-55)4-2-5-31(24)44-53-36-19-34-33(40(41(36)61-44)62-45(47,48)49)10-11-37(34)56-17-13-27(22-56)43(58)54-63(59,60)29-8-9-29/h2-7,12,15,18-20,27-29,37,57H,8-11,13-14,16-17,21-23H2,1H3,(H,50,52)(H,54,58)/t27-,28-,37-/m1/s1. The number of alkyl halides is 3. The Morgan fingerprint density at radius 2 is 1.79 bits per heavy atom. The summed E-state index contributed by atoms with van der Waals surface area (Å²) < 4.78 is 80.2. The third kappa shape index (κ3) is 8.21.